The summed E-state index contributed by atoms with van der Waals surface area (Å²) >= 11 is 1.55. The third-order valence-electron chi connectivity index (χ3n) is 4.57. The second-order valence-electron chi connectivity index (χ2n) is 6.99. The van der Waals surface area contributed by atoms with E-state index in [4.69, 9.17) is 5.11 Å². The molecule has 0 saturated heterocycles. The van der Waals surface area contributed by atoms with Crippen LogP contribution in [0.5, 0.6) is 0 Å². The van der Waals surface area contributed by atoms with Gasteiger partial charge in [-0.2, -0.15) is 0 Å². The van der Waals surface area contributed by atoms with Gasteiger partial charge in [-0.1, -0.05) is 50.8 Å². The summed E-state index contributed by atoms with van der Waals surface area (Å²) in [6.07, 6.45) is 9.12. The van der Waals surface area contributed by atoms with Crippen molar-refractivity contribution in [2.45, 2.75) is 52.0 Å². The molecule has 0 fully saturated rings. The van der Waals surface area contributed by atoms with Gasteiger partial charge in [0, 0.05) is 35.8 Å². The molecule has 0 bridgehead atoms. The second kappa shape index (κ2) is 11.4. The number of thiophene rings is 1. The Kier molecular flexibility index (Phi) is 8.95. The van der Waals surface area contributed by atoms with E-state index >= 15 is 0 Å². The number of benzene rings is 1. The van der Waals surface area contributed by atoms with Crippen LogP contribution in [0.1, 0.15) is 55.9 Å². The molecule has 5 heteroatoms. The summed E-state index contributed by atoms with van der Waals surface area (Å²) in [4.78, 5) is 26.8. The van der Waals surface area contributed by atoms with Crippen LogP contribution in [0.25, 0.3) is 16.5 Å². The van der Waals surface area contributed by atoms with E-state index in [1.54, 1.807) is 22.3 Å². The minimum absolute atomic E-state index is 0.194. The second-order valence-corrected chi connectivity index (χ2v) is 8.10. The van der Waals surface area contributed by atoms with Gasteiger partial charge < -0.3 is 10.0 Å². The van der Waals surface area contributed by atoms with Crippen LogP contribution in [0.15, 0.2) is 42.5 Å². The Balaban J connectivity index is 1.93. The van der Waals surface area contributed by atoms with Crippen molar-refractivity contribution in [3.8, 4) is 10.4 Å². The smallest absolute Gasteiger partial charge is 0.328 e. The molecule has 0 atom stereocenters. The van der Waals surface area contributed by atoms with Crippen molar-refractivity contribution in [2.75, 3.05) is 7.05 Å². The molecule has 0 aliphatic rings. The highest BCUT2D eigenvalue weighted by atomic mass is 32.1. The number of hydrogen-bond donors (Lipinski definition) is 1. The van der Waals surface area contributed by atoms with Crippen molar-refractivity contribution in [3.63, 3.8) is 0 Å². The Morgan fingerprint density at radius 2 is 1.89 bits per heavy atom. The number of nitrogens with zero attached hydrogens (tertiary/aromatic N) is 1. The molecule has 0 aliphatic heterocycles. The third kappa shape index (κ3) is 7.31. The van der Waals surface area contributed by atoms with Crippen LogP contribution in [0.2, 0.25) is 0 Å². The highest BCUT2D eigenvalue weighted by molar-refractivity contribution is 7.16. The molecule has 2 rings (SSSR count). The maximum atomic E-state index is 12.3. The minimum atomic E-state index is -0.949. The first-order chi connectivity index (χ1) is 13.5. The summed E-state index contributed by atoms with van der Waals surface area (Å²) < 4.78 is 0. The summed E-state index contributed by atoms with van der Waals surface area (Å²) in [6, 6.07) is 12.1. The zero-order valence-electron chi connectivity index (χ0n) is 16.7. The number of hydrogen-bond acceptors (Lipinski definition) is 3. The van der Waals surface area contributed by atoms with Crippen molar-refractivity contribution in [1.82, 2.24) is 4.90 Å². The Bertz CT molecular complexity index is 810. The van der Waals surface area contributed by atoms with E-state index in [1.807, 2.05) is 37.4 Å². The van der Waals surface area contributed by atoms with E-state index in [-0.39, 0.29) is 5.91 Å². The number of rotatable bonds is 11. The standard InChI is InChI=1S/C23H29NO3S/c1-3-4-5-6-7-11-22(25)24(2)17-18-9-8-10-19(16-18)21-14-12-20(28-21)13-15-23(26)27/h8-10,12-16H,3-7,11,17H2,1-2H3,(H,26,27). The predicted molar refractivity (Wildman–Crippen MR) is 116 cm³/mol. The van der Waals surface area contributed by atoms with Crippen LogP contribution in [0, 0.1) is 0 Å². The maximum absolute atomic E-state index is 12.3. The van der Waals surface area contributed by atoms with E-state index in [2.05, 4.69) is 13.0 Å². The summed E-state index contributed by atoms with van der Waals surface area (Å²) in [6.45, 7) is 2.79. The summed E-state index contributed by atoms with van der Waals surface area (Å²) in [5.41, 5.74) is 2.17. The Labute approximate surface area is 171 Å². The van der Waals surface area contributed by atoms with Gasteiger partial charge in [0.05, 0.1) is 0 Å². The van der Waals surface area contributed by atoms with Gasteiger partial charge in [-0.25, -0.2) is 4.79 Å². The van der Waals surface area contributed by atoms with Crippen molar-refractivity contribution in [3.05, 3.63) is 52.9 Å². The average molecular weight is 400 g/mol. The maximum Gasteiger partial charge on any atom is 0.328 e. The largest absolute Gasteiger partial charge is 0.478 e. The predicted octanol–water partition coefficient (Wildman–Crippen LogP) is 5.83. The lowest BCUT2D eigenvalue weighted by Crippen LogP contribution is -2.25. The molecule has 0 unspecified atom stereocenters. The van der Waals surface area contributed by atoms with Gasteiger partial charge >= 0.3 is 5.97 Å². The molecule has 0 aliphatic carbocycles. The highest BCUT2D eigenvalue weighted by Crippen LogP contribution is 2.29. The first-order valence-electron chi connectivity index (χ1n) is 9.83. The first-order valence-corrected chi connectivity index (χ1v) is 10.7. The molecule has 1 amide bonds. The van der Waals surface area contributed by atoms with Gasteiger partial charge in [-0.05, 0) is 41.8 Å². The number of carboxylic acid groups (broad SMARTS) is 1. The Hall–Kier alpha value is -2.40. The molecule has 4 nitrogen and oxygen atoms in total. The van der Waals surface area contributed by atoms with E-state index in [9.17, 15) is 9.59 Å². The lowest BCUT2D eigenvalue weighted by atomic mass is 10.1. The lowest BCUT2D eigenvalue weighted by Gasteiger charge is -2.17. The average Bonchev–Trinajstić information content (AvgIpc) is 3.15. The Morgan fingerprint density at radius 3 is 2.64 bits per heavy atom. The van der Waals surface area contributed by atoms with E-state index < -0.39 is 5.97 Å². The molecule has 1 heterocycles. The molecule has 150 valence electrons. The molecule has 28 heavy (non-hydrogen) atoms. The van der Waals surface area contributed by atoms with Crippen LogP contribution in [-0.2, 0) is 16.1 Å². The first kappa shape index (κ1) is 21.9. The summed E-state index contributed by atoms with van der Waals surface area (Å²) in [5, 5.41) is 8.74. The fourth-order valence-corrected chi connectivity index (χ4v) is 3.91. The van der Waals surface area contributed by atoms with E-state index in [1.165, 1.54) is 19.3 Å². The fourth-order valence-electron chi connectivity index (χ4n) is 3.01. The molecule has 0 spiro atoms. The minimum Gasteiger partial charge on any atom is -0.478 e. The number of unbranched alkanes of at least 4 members (excludes halogenated alkanes) is 4. The van der Waals surface area contributed by atoms with Crippen LogP contribution >= 0.6 is 11.3 Å². The number of carboxylic acids is 1. The van der Waals surface area contributed by atoms with Gasteiger partial charge in [0.25, 0.3) is 0 Å². The number of amides is 1. The van der Waals surface area contributed by atoms with Gasteiger partial charge in [-0.3, -0.25) is 4.79 Å². The molecule has 1 N–H and O–H groups in total. The van der Waals surface area contributed by atoms with Crippen molar-refractivity contribution in [2.24, 2.45) is 0 Å². The number of aliphatic carboxylic acids is 1. The molecule has 2 aromatic rings. The molecule has 1 aromatic carbocycles. The van der Waals surface area contributed by atoms with Crippen molar-refractivity contribution >= 4 is 29.3 Å². The zero-order chi connectivity index (χ0) is 20.4. The lowest BCUT2D eigenvalue weighted by molar-refractivity contribution is -0.131. The number of carbonyl (C=O) groups is 2. The molecular formula is C23H29NO3S. The van der Waals surface area contributed by atoms with E-state index in [0.29, 0.717) is 13.0 Å². The van der Waals surface area contributed by atoms with Gasteiger partial charge in [0.2, 0.25) is 5.91 Å². The molecular weight excluding hydrogens is 370 g/mol. The van der Waals surface area contributed by atoms with Gasteiger partial charge in [-0.15, -0.1) is 11.3 Å². The molecule has 0 saturated carbocycles. The fraction of sp³-hybridized carbons (Fsp3) is 0.391. The number of carbonyl (C=O) groups excluding carboxylic acids is 1. The monoisotopic (exact) mass is 399 g/mol. The van der Waals surface area contributed by atoms with Gasteiger partial charge in [0.15, 0.2) is 0 Å². The van der Waals surface area contributed by atoms with Crippen LogP contribution < -0.4 is 0 Å². The van der Waals surface area contributed by atoms with Crippen LogP contribution in [0.4, 0.5) is 0 Å². The van der Waals surface area contributed by atoms with E-state index in [0.717, 1.165) is 39.8 Å². The Morgan fingerprint density at radius 1 is 1.11 bits per heavy atom. The SMILES string of the molecule is CCCCCCCC(=O)N(C)Cc1cccc(-c2ccc(C=CC(=O)O)s2)c1. The van der Waals surface area contributed by atoms with Crippen molar-refractivity contribution < 1.29 is 14.7 Å². The molecule has 0 radical (unpaired) electrons. The summed E-state index contributed by atoms with van der Waals surface area (Å²) in [7, 11) is 1.86. The van der Waals surface area contributed by atoms with Gasteiger partial charge in [0.1, 0.15) is 0 Å². The molecule has 1 aromatic heterocycles. The quantitative estimate of drug-likeness (QED) is 0.382. The third-order valence-corrected chi connectivity index (χ3v) is 5.67. The van der Waals surface area contributed by atoms with Crippen LogP contribution in [0.3, 0.4) is 0 Å². The summed E-state index contributed by atoms with van der Waals surface area (Å²) in [5.74, 6) is -0.755. The van der Waals surface area contributed by atoms with Crippen LogP contribution in [-0.4, -0.2) is 28.9 Å². The van der Waals surface area contributed by atoms with Crippen molar-refractivity contribution in [1.29, 1.82) is 0 Å². The highest BCUT2D eigenvalue weighted by Gasteiger charge is 2.10. The normalized spacial score (nSPS) is 11.1. The topological polar surface area (TPSA) is 57.6 Å². The zero-order valence-corrected chi connectivity index (χ0v) is 17.5.